The van der Waals surface area contributed by atoms with Crippen LogP contribution in [0, 0.1) is 18.3 Å². The first-order chi connectivity index (χ1) is 14.3. The quantitative estimate of drug-likeness (QED) is 0.453. The molecule has 1 unspecified atom stereocenters. The predicted octanol–water partition coefficient (Wildman–Crippen LogP) is 6.87. The maximum absolute atomic E-state index is 12.8. The Hall–Kier alpha value is -2.71. The normalized spacial score (nSPS) is 11.5. The van der Waals surface area contributed by atoms with Crippen LogP contribution in [0.25, 0.3) is 0 Å². The first-order valence-corrected chi connectivity index (χ1v) is 10.1. The molecule has 0 spiro atoms. The summed E-state index contributed by atoms with van der Waals surface area (Å²) < 4.78 is 5.24. The summed E-state index contributed by atoms with van der Waals surface area (Å²) >= 11 is 18.4. The fraction of sp³-hybridized carbons (Fsp3) is 0.130. The average Bonchev–Trinajstić information content (AvgIpc) is 2.73. The number of hydrogen-bond donors (Lipinski definition) is 1. The second kappa shape index (κ2) is 9.40. The van der Waals surface area contributed by atoms with Gasteiger partial charge in [-0.05, 0) is 60.0 Å². The minimum atomic E-state index is -0.561. The van der Waals surface area contributed by atoms with Crippen LogP contribution in [0.1, 0.15) is 33.0 Å². The van der Waals surface area contributed by atoms with Gasteiger partial charge in [-0.1, -0.05) is 53.0 Å². The number of carbonyl (C=O) groups is 1. The van der Waals surface area contributed by atoms with Crippen molar-refractivity contribution in [1.82, 2.24) is 0 Å². The molecule has 3 aromatic rings. The third-order valence-electron chi connectivity index (χ3n) is 4.64. The minimum Gasteiger partial charge on any atom is -0.496 e. The summed E-state index contributed by atoms with van der Waals surface area (Å²) in [6.45, 7) is 1.84. The highest BCUT2D eigenvalue weighted by molar-refractivity contribution is 6.32. The Morgan fingerprint density at radius 1 is 1.03 bits per heavy atom. The van der Waals surface area contributed by atoms with Gasteiger partial charge >= 0.3 is 0 Å². The van der Waals surface area contributed by atoms with Crippen LogP contribution in [0.3, 0.4) is 0 Å². The third-order valence-corrected chi connectivity index (χ3v) is 5.46. The molecule has 4 nitrogen and oxygen atoms in total. The van der Waals surface area contributed by atoms with Gasteiger partial charge in [-0.3, -0.25) is 4.79 Å². The molecular weight excluding hydrogens is 443 g/mol. The Balaban J connectivity index is 1.92. The van der Waals surface area contributed by atoms with Crippen LogP contribution >= 0.6 is 34.8 Å². The fourth-order valence-electron chi connectivity index (χ4n) is 3.08. The molecule has 1 amide bonds. The number of ether oxygens (including phenoxy) is 1. The molecule has 30 heavy (non-hydrogen) atoms. The molecule has 0 saturated carbocycles. The van der Waals surface area contributed by atoms with Crippen LogP contribution in [-0.4, -0.2) is 13.0 Å². The highest BCUT2D eigenvalue weighted by Gasteiger charge is 2.20. The molecule has 152 valence electrons. The minimum absolute atomic E-state index is 0.345. The molecule has 1 atom stereocenters. The molecule has 0 heterocycles. The lowest BCUT2D eigenvalue weighted by atomic mass is 9.91. The Bertz CT molecular complexity index is 1140. The van der Waals surface area contributed by atoms with Crippen LogP contribution in [0.15, 0.2) is 54.6 Å². The van der Waals surface area contributed by atoms with Crippen molar-refractivity contribution in [3.63, 3.8) is 0 Å². The molecular formula is C23H17Cl3N2O2. The zero-order chi connectivity index (χ0) is 21.8. The van der Waals surface area contributed by atoms with E-state index in [0.29, 0.717) is 37.6 Å². The van der Waals surface area contributed by atoms with Gasteiger partial charge in [-0.15, -0.1) is 0 Å². The van der Waals surface area contributed by atoms with Crippen LogP contribution in [0.5, 0.6) is 5.75 Å². The topological polar surface area (TPSA) is 62.1 Å². The summed E-state index contributed by atoms with van der Waals surface area (Å²) in [5, 5.41) is 14.0. The van der Waals surface area contributed by atoms with Crippen LogP contribution in [0.2, 0.25) is 15.1 Å². The Kier molecular flexibility index (Phi) is 6.89. The van der Waals surface area contributed by atoms with E-state index in [1.165, 1.54) is 7.11 Å². The standard InChI is InChI=1S/C23H17Cl3N2O2/c1-13-9-18(19(12-27)14-3-5-15(24)6-4-14)20(26)11-21(13)28-23(29)17-8-7-16(25)10-22(17)30-2/h3-11,19H,1-2H3,(H,28,29). The van der Waals surface area contributed by atoms with Gasteiger partial charge in [-0.25, -0.2) is 0 Å². The Labute approximate surface area is 189 Å². The Morgan fingerprint density at radius 3 is 2.33 bits per heavy atom. The van der Waals surface area contributed by atoms with E-state index in [1.54, 1.807) is 54.6 Å². The molecule has 0 saturated heterocycles. The van der Waals surface area contributed by atoms with E-state index in [1.807, 2.05) is 6.92 Å². The number of amides is 1. The number of aryl methyl sites for hydroxylation is 1. The van der Waals surface area contributed by atoms with E-state index in [9.17, 15) is 10.1 Å². The summed E-state index contributed by atoms with van der Waals surface area (Å²) in [6.07, 6.45) is 0. The van der Waals surface area contributed by atoms with Crippen molar-refractivity contribution in [3.8, 4) is 11.8 Å². The van der Waals surface area contributed by atoms with Gasteiger partial charge in [0.15, 0.2) is 0 Å². The predicted molar refractivity (Wildman–Crippen MR) is 121 cm³/mol. The van der Waals surface area contributed by atoms with E-state index < -0.39 is 5.92 Å². The molecule has 1 N–H and O–H groups in total. The van der Waals surface area contributed by atoms with E-state index in [-0.39, 0.29) is 5.91 Å². The van der Waals surface area contributed by atoms with Crippen molar-refractivity contribution in [1.29, 1.82) is 5.26 Å². The first kappa shape index (κ1) is 22.0. The van der Waals surface area contributed by atoms with Gasteiger partial charge in [0.1, 0.15) is 5.75 Å². The number of anilines is 1. The van der Waals surface area contributed by atoms with Crippen molar-refractivity contribution in [2.45, 2.75) is 12.8 Å². The molecule has 0 aliphatic rings. The lowest BCUT2D eigenvalue weighted by Crippen LogP contribution is -2.14. The summed E-state index contributed by atoms with van der Waals surface area (Å²) in [5.74, 6) is -0.549. The lowest BCUT2D eigenvalue weighted by molar-refractivity contribution is 0.102. The van der Waals surface area contributed by atoms with E-state index in [2.05, 4.69) is 11.4 Å². The molecule has 0 radical (unpaired) electrons. The van der Waals surface area contributed by atoms with Crippen molar-refractivity contribution >= 4 is 46.4 Å². The number of hydrogen-bond acceptors (Lipinski definition) is 3. The van der Waals surface area contributed by atoms with Gasteiger partial charge < -0.3 is 10.1 Å². The molecule has 0 bridgehead atoms. The smallest absolute Gasteiger partial charge is 0.259 e. The zero-order valence-electron chi connectivity index (χ0n) is 16.2. The largest absolute Gasteiger partial charge is 0.496 e. The van der Waals surface area contributed by atoms with E-state index in [4.69, 9.17) is 39.5 Å². The molecule has 3 rings (SSSR count). The van der Waals surface area contributed by atoms with Gasteiger partial charge in [0, 0.05) is 20.8 Å². The summed E-state index contributed by atoms with van der Waals surface area (Å²) in [6, 6.07) is 17.6. The van der Waals surface area contributed by atoms with Crippen LogP contribution in [-0.2, 0) is 0 Å². The number of nitrogens with zero attached hydrogens (tertiary/aromatic N) is 1. The van der Waals surface area contributed by atoms with E-state index in [0.717, 1.165) is 11.1 Å². The van der Waals surface area contributed by atoms with Crippen molar-refractivity contribution in [2.75, 3.05) is 12.4 Å². The van der Waals surface area contributed by atoms with Crippen molar-refractivity contribution in [2.24, 2.45) is 0 Å². The molecule has 0 fully saturated rings. The van der Waals surface area contributed by atoms with Gasteiger partial charge in [-0.2, -0.15) is 5.26 Å². The number of methoxy groups -OCH3 is 1. The molecule has 7 heteroatoms. The summed E-state index contributed by atoms with van der Waals surface area (Å²) in [7, 11) is 1.47. The number of rotatable bonds is 5. The maximum atomic E-state index is 12.8. The second-order valence-electron chi connectivity index (χ2n) is 6.60. The maximum Gasteiger partial charge on any atom is 0.259 e. The number of nitriles is 1. The number of halogens is 3. The molecule has 0 aromatic heterocycles. The first-order valence-electron chi connectivity index (χ1n) is 8.94. The second-order valence-corrected chi connectivity index (χ2v) is 7.88. The fourth-order valence-corrected chi connectivity index (χ4v) is 3.64. The molecule has 0 aliphatic carbocycles. The Morgan fingerprint density at radius 2 is 1.70 bits per heavy atom. The number of nitrogens with one attached hydrogen (secondary N) is 1. The van der Waals surface area contributed by atoms with E-state index >= 15 is 0 Å². The monoisotopic (exact) mass is 458 g/mol. The van der Waals surface area contributed by atoms with Gasteiger partial charge in [0.05, 0.1) is 24.7 Å². The molecule has 3 aromatic carbocycles. The zero-order valence-corrected chi connectivity index (χ0v) is 18.4. The van der Waals surface area contributed by atoms with Crippen molar-refractivity contribution < 1.29 is 9.53 Å². The average molecular weight is 460 g/mol. The number of benzene rings is 3. The van der Waals surface area contributed by atoms with Crippen LogP contribution < -0.4 is 10.1 Å². The van der Waals surface area contributed by atoms with Crippen molar-refractivity contribution in [3.05, 3.63) is 91.9 Å². The van der Waals surface area contributed by atoms with Gasteiger partial charge in [0.25, 0.3) is 5.91 Å². The summed E-state index contributed by atoms with van der Waals surface area (Å²) in [5.41, 5.74) is 3.09. The molecule has 0 aliphatic heterocycles. The third kappa shape index (κ3) is 4.71. The summed E-state index contributed by atoms with van der Waals surface area (Å²) in [4.78, 5) is 12.8. The highest BCUT2D eigenvalue weighted by Crippen LogP contribution is 2.35. The highest BCUT2D eigenvalue weighted by atomic mass is 35.5. The SMILES string of the molecule is COc1cc(Cl)ccc1C(=O)Nc1cc(Cl)c(C(C#N)c2ccc(Cl)cc2)cc1C. The van der Waals surface area contributed by atoms with Crippen LogP contribution in [0.4, 0.5) is 5.69 Å². The van der Waals surface area contributed by atoms with Gasteiger partial charge in [0.2, 0.25) is 0 Å². The lowest BCUT2D eigenvalue weighted by Gasteiger charge is -2.16. The number of carbonyl (C=O) groups excluding carboxylic acids is 1.